The van der Waals surface area contributed by atoms with Crippen LogP contribution in [0.1, 0.15) is 38.3 Å². The Kier molecular flexibility index (Phi) is 4.91. The first-order valence-electron chi connectivity index (χ1n) is 5.21. The Hall–Kier alpha value is -0.240. The number of rotatable bonds is 4. The highest BCUT2D eigenvalue weighted by Gasteiger charge is 2.11. The van der Waals surface area contributed by atoms with Crippen molar-refractivity contribution >= 4 is 23.2 Å². The molecule has 1 aromatic carbocycles. The fourth-order valence-corrected chi connectivity index (χ4v) is 1.91. The Morgan fingerprint density at radius 3 is 2.47 bits per heavy atom. The van der Waals surface area contributed by atoms with Crippen molar-refractivity contribution in [2.75, 3.05) is 0 Å². The lowest BCUT2D eigenvalue weighted by Crippen LogP contribution is -2.11. The number of hydrogen-bond acceptors (Lipinski definition) is 1. The Balaban J connectivity index is 2.72. The fraction of sp³-hybridized carbons (Fsp3) is 0.500. The number of halogens is 2. The molecule has 2 N–H and O–H groups in total. The molecule has 1 aromatic rings. The molecule has 0 fully saturated rings. The van der Waals surface area contributed by atoms with Gasteiger partial charge < -0.3 is 5.73 Å². The molecule has 0 amide bonds. The first-order chi connectivity index (χ1) is 7.00. The van der Waals surface area contributed by atoms with E-state index in [9.17, 15) is 0 Å². The molecule has 0 aliphatic rings. The normalized spacial score (nSPS) is 13.2. The van der Waals surface area contributed by atoms with Crippen molar-refractivity contribution in [3.8, 4) is 0 Å². The summed E-state index contributed by atoms with van der Waals surface area (Å²) in [6, 6.07) is 5.42. The summed E-state index contributed by atoms with van der Waals surface area (Å²) in [6.07, 6.45) is 2.04. The summed E-state index contributed by atoms with van der Waals surface area (Å²) >= 11 is 12.0. The molecule has 0 heterocycles. The smallest absolute Gasteiger partial charge is 0.0454 e. The molecule has 1 unspecified atom stereocenters. The van der Waals surface area contributed by atoms with Gasteiger partial charge in [0, 0.05) is 16.1 Å². The van der Waals surface area contributed by atoms with Crippen LogP contribution in [-0.2, 0) is 0 Å². The van der Waals surface area contributed by atoms with E-state index < -0.39 is 0 Å². The maximum absolute atomic E-state index is 6.07. The summed E-state index contributed by atoms with van der Waals surface area (Å²) in [4.78, 5) is 0. The van der Waals surface area contributed by atoms with Crippen LogP contribution in [0.3, 0.4) is 0 Å². The van der Waals surface area contributed by atoms with Crippen molar-refractivity contribution in [1.29, 1.82) is 0 Å². The molecule has 0 aliphatic heterocycles. The van der Waals surface area contributed by atoms with E-state index in [1.165, 1.54) is 0 Å². The number of hydrogen-bond donors (Lipinski definition) is 1. The zero-order valence-electron chi connectivity index (χ0n) is 9.13. The molecule has 0 radical (unpaired) electrons. The van der Waals surface area contributed by atoms with Gasteiger partial charge in [-0.1, -0.05) is 37.0 Å². The SMILES string of the molecule is CC(C)CCC(N)c1cc(Cl)ccc1Cl. The summed E-state index contributed by atoms with van der Waals surface area (Å²) in [5, 5.41) is 1.39. The second-order valence-electron chi connectivity index (χ2n) is 4.24. The van der Waals surface area contributed by atoms with Crippen LogP contribution < -0.4 is 5.73 Å². The van der Waals surface area contributed by atoms with Crippen LogP contribution in [0.4, 0.5) is 0 Å². The van der Waals surface area contributed by atoms with Crippen molar-refractivity contribution in [3.63, 3.8) is 0 Å². The Morgan fingerprint density at radius 1 is 1.20 bits per heavy atom. The Bertz CT molecular complexity index is 323. The van der Waals surface area contributed by atoms with Gasteiger partial charge in [0.05, 0.1) is 0 Å². The highest BCUT2D eigenvalue weighted by Crippen LogP contribution is 2.28. The van der Waals surface area contributed by atoms with Crippen molar-refractivity contribution in [2.45, 2.75) is 32.7 Å². The van der Waals surface area contributed by atoms with E-state index in [0.717, 1.165) is 18.4 Å². The standard InChI is InChI=1S/C12H17Cl2N/c1-8(2)3-6-12(15)10-7-9(13)4-5-11(10)14/h4-5,7-8,12H,3,6,15H2,1-2H3. The summed E-state index contributed by atoms with van der Waals surface area (Å²) in [6.45, 7) is 4.37. The summed E-state index contributed by atoms with van der Waals surface area (Å²) in [7, 11) is 0. The molecule has 84 valence electrons. The second kappa shape index (κ2) is 5.74. The van der Waals surface area contributed by atoms with Gasteiger partial charge >= 0.3 is 0 Å². The van der Waals surface area contributed by atoms with Crippen LogP contribution >= 0.6 is 23.2 Å². The van der Waals surface area contributed by atoms with Gasteiger partial charge in [0.1, 0.15) is 0 Å². The minimum Gasteiger partial charge on any atom is -0.324 e. The third-order valence-corrected chi connectivity index (χ3v) is 2.99. The molecule has 0 aliphatic carbocycles. The molecule has 0 aromatic heterocycles. The van der Waals surface area contributed by atoms with Gasteiger partial charge in [0.15, 0.2) is 0 Å². The predicted octanol–water partition coefficient (Wildman–Crippen LogP) is 4.43. The van der Waals surface area contributed by atoms with E-state index >= 15 is 0 Å². The lowest BCUT2D eigenvalue weighted by atomic mass is 9.98. The molecule has 0 saturated heterocycles. The predicted molar refractivity (Wildman–Crippen MR) is 67.5 cm³/mol. The molecule has 0 bridgehead atoms. The molecule has 0 saturated carbocycles. The number of nitrogens with two attached hydrogens (primary N) is 1. The number of benzene rings is 1. The average molecular weight is 246 g/mol. The van der Waals surface area contributed by atoms with Gasteiger partial charge in [-0.25, -0.2) is 0 Å². The first kappa shape index (κ1) is 12.8. The van der Waals surface area contributed by atoms with E-state index in [2.05, 4.69) is 13.8 Å². The fourth-order valence-electron chi connectivity index (χ4n) is 1.47. The molecular formula is C12H17Cl2N. The summed E-state index contributed by atoms with van der Waals surface area (Å²) in [5.74, 6) is 0.661. The third-order valence-electron chi connectivity index (χ3n) is 2.41. The van der Waals surface area contributed by atoms with Crippen molar-refractivity contribution in [1.82, 2.24) is 0 Å². The Morgan fingerprint density at radius 2 is 1.87 bits per heavy atom. The summed E-state index contributed by atoms with van der Waals surface area (Å²) in [5.41, 5.74) is 7.02. The lowest BCUT2D eigenvalue weighted by molar-refractivity contribution is 0.507. The van der Waals surface area contributed by atoms with E-state index in [-0.39, 0.29) is 6.04 Å². The minimum atomic E-state index is -0.0152. The van der Waals surface area contributed by atoms with Crippen LogP contribution in [0.5, 0.6) is 0 Å². The first-order valence-corrected chi connectivity index (χ1v) is 5.97. The van der Waals surface area contributed by atoms with Crippen LogP contribution in [0.15, 0.2) is 18.2 Å². The zero-order chi connectivity index (χ0) is 11.4. The van der Waals surface area contributed by atoms with Gasteiger partial charge in [-0.15, -0.1) is 0 Å². The minimum absolute atomic E-state index is 0.0152. The monoisotopic (exact) mass is 245 g/mol. The van der Waals surface area contributed by atoms with Crippen LogP contribution in [0, 0.1) is 5.92 Å². The largest absolute Gasteiger partial charge is 0.324 e. The molecule has 1 atom stereocenters. The van der Waals surface area contributed by atoms with Gasteiger partial charge in [0.25, 0.3) is 0 Å². The zero-order valence-corrected chi connectivity index (χ0v) is 10.6. The lowest BCUT2D eigenvalue weighted by Gasteiger charge is -2.15. The van der Waals surface area contributed by atoms with Gasteiger partial charge in [-0.3, -0.25) is 0 Å². The highest BCUT2D eigenvalue weighted by atomic mass is 35.5. The molecule has 1 rings (SSSR count). The van der Waals surface area contributed by atoms with Gasteiger partial charge in [-0.2, -0.15) is 0 Å². The molecule has 1 nitrogen and oxygen atoms in total. The average Bonchev–Trinajstić information content (AvgIpc) is 2.18. The molecular weight excluding hydrogens is 229 g/mol. The van der Waals surface area contributed by atoms with Gasteiger partial charge in [0.2, 0.25) is 0 Å². The van der Waals surface area contributed by atoms with E-state index in [4.69, 9.17) is 28.9 Å². The van der Waals surface area contributed by atoms with Crippen molar-refractivity contribution < 1.29 is 0 Å². The van der Waals surface area contributed by atoms with Crippen LogP contribution in [0.25, 0.3) is 0 Å². The van der Waals surface area contributed by atoms with E-state index in [1.54, 1.807) is 12.1 Å². The second-order valence-corrected chi connectivity index (χ2v) is 5.09. The van der Waals surface area contributed by atoms with Crippen LogP contribution in [0.2, 0.25) is 10.0 Å². The topological polar surface area (TPSA) is 26.0 Å². The molecule has 3 heteroatoms. The molecule has 15 heavy (non-hydrogen) atoms. The van der Waals surface area contributed by atoms with Crippen molar-refractivity contribution in [2.24, 2.45) is 11.7 Å². The van der Waals surface area contributed by atoms with Gasteiger partial charge in [-0.05, 0) is 42.5 Å². The quantitative estimate of drug-likeness (QED) is 0.835. The van der Waals surface area contributed by atoms with Crippen LogP contribution in [-0.4, -0.2) is 0 Å². The highest BCUT2D eigenvalue weighted by molar-refractivity contribution is 6.33. The summed E-state index contributed by atoms with van der Waals surface area (Å²) < 4.78 is 0. The van der Waals surface area contributed by atoms with Crippen molar-refractivity contribution in [3.05, 3.63) is 33.8 Å². The third kappa shape index (κ3) is 4.02. The Labute approximate surface area is 102 Å². The maximum Gasteiger partial charge on any atom is 0.0454 e. The maximum atomic E-state index is 6.07. The van der Waals surface area contributed by atoms with E-state index in [1.807, 2.05) is 6.07 Å². The van der Waals surface area contributed by atoms with E-state index in [0.29, 0.717) is 16.0 Å². The molecule has 0 spiro atoms.